The summed E-state index contributed by atoms with van der Waals surface area (Å²) in [5.74, 6) is 2.04. The standard InChI is InChI=1S/C103H199N3O10/c1-13-21-52-66-92(67-53-22-14-2)85-99(108)112-80-60-49-41-34-30-38-46-57-73-103(115-89-97(116-103)88-105(12)90(9)10)74-58-47-39-31-35-42-50-61-81-113-100(109)86-94(70-54-23-15-3)83-96(63-20-8)101(95(71-26-18-6)72-27-19-7)102(110)114-82-62-51-43-33-29-37-45-56-69-93(87-106-77-75-104(11)76-78-106)68-55-44-36-28-32-40-48-59-79-111-98(107)84-91(64-24-16-4)65-25-17-5/h90-97,101H,13-89H2,1-12H3. The molecule has 0 radical (unpaired) electrons. The van der Waals surface area contributed by atoms with E-state index in [0.29, 0.717) is 76.1 Å². The number of rotatable bonds is 86. The van der Waals surface area contributed by atoms with Gasteiger partial charge in [0.05, 0.1) is 45.1 Å². The highest BCUT2D eigenvalue weighted by molar-refractivity contribution is 5.73. The van der Waals surface area contributed by atoms with Gasteiger partial charge in [0.25, 0.3) is 0 Å². The maximum atomic E-state index is 14.7. The highest BCUT2D eigenvalue weighted by Crippen LogP contribution is 2.40. The summed E-state index contributed by atoms with van der Waals surface area (Å²) in [6.07, 6.45) is 76.1. The number of ether oxygens (including phenoxy) is 6. The maximum Gasteiger partial charge on any atom is 0.309 e. The number of carbonyl (C=O) groups is 4. The zero-order valence-electron chi connectivity index (χ0n) is 79.6. The molecule has 0 bridgehead atoms. The smallest absolute Gasteiger partial charge is 0.309 e. The van der Waals surface area contributed by atoms with Crippen molar-refractivity contribution < 1.29 is 47.6 Å². The Kier molecular flexibility index (Phi) is 73.3. The third-order valence-electron chi connectivity index (χ3n) is 26.7. The topological polar surface area (TPSA) is 133 Å². The van der Waals surface area contributed by atoms with Gasteiger partial charge in [0.2, 0.25) is 0 Å². The summed E-state index contributed by atoms with van der Waals surface area (Å²) in [4.78, 5) is 61.4. The summed E-state index contributed by atoms with van der Waals surface area (Å²) in [5, 5.41) is 0. The molecule has 6 unspecified atom stereocenters. The molecule has 0 saturated carbocycles. The Bertz CT molecular complexity index is 2170. The number of carbonyl (C=O) groups excluding carboxylic acids is 4. The minimum Gasteiger partial charge on any atom is -0.466 e. The predicted molar refractivity (Wildman–Crippen MR) is 494 cm³/mol. The quantitative estimate of drug-likeness (QED) is 0.0325. The number of hydrogen-bond acceptors (Lipinski definition) is 13. The predicted octanol–water partition coefficient (Wildman–Crippen LogP) is 29.1. The van der Waals surface area contributed by atoms with Crippen LogP contribution in [0.3, 0.4) is 0 Å². The first kappa shape index (κ1) is 110. The first-order valence-corrected chi connectivity index (χ1v) is 51.7. The van der Waals surface area contributed by atoms with E-state index in [1.165, 1.54) is 277 Å². The van der Waals surface area contributed by atoms with Gasteiger partial charge < -0.3 is 43.1 Å². The lowest BCUT2D eigenvalue weighted by atomic mass is 9.71. The van der Waals surface area contributed by atoms with E-state index in [4.69, 9.17) is 28.4 Å². The van der Waals surface area contributed by atoms with Crippen molar-refractivity contribution in [3.05, 3.63) is 0 Å². The van der Waals surface area contributed by atoms with Crippen molar-refractivity contribution >= 4 is 23.9 Å². The average molecular weight is 1640 g/mol. The van der Waals surface area contributed by atoms with E-state index in [-0.39, 0.29) is 47.7 Å². The van der Waals surface area contributed by atoms with Crippen molar-refractivity contribution in [1.29, 1.82) is 0 Å². The molecule has 6 atom stereocenters. The molecular weight excluding hydrogens is 1440 g/mol. The lowest BCUT2D eigenvalue weighted by Gasteiger charge is -2.34. The van der Waals surface area contributed by atoms with Crippen LogP contribution in [0, 0.1) is 41.4 Å². The second kappa shape index (κ2) is 77.5. The number of unbranched alkanes of at least 4 members (excludes halogenated alkanes) is 38. The molecule has 0 aromatic rings. The highest BCUT2D eigenvalue weighted by Gasteiger charge is 2.41. The molecule has 0 aliphatic carbocycles. The molecule has 686 valence electrons. The minimum absolute atomic E-state index is 0.0197. The van der Waals surface area contributed by atoms with Crippen molar-refractivity contribution in [2.24, 2.45) is 41.4 Å². The summed E-state index contributed by atoms with van der Waals surface area (Å²) in [5.41, 5.74) is 0. The van der Waals surface area contributed by atoms with Gasteiger partial charge in [0.15, 0.2) is 5.79 Å². The molecule has 13 nitrogen and oxygen atoms in total. The fraction of sp³-hybridized carbons (Fsp3) is 0.961. The van der Waals surface area contributed by atoms with Crippen LogP contribution in [0.25, 0.3) is 0 Å². The van der Waals surface area contributed by atoms with E-state index in [2.05, 4.69) is 98.0 Å². The molecule has 0 aromatic carbocycles. The van der Waals surface area contributed by atoms with Gasteiger partial charge in [0.1, 0.15) is 0 Å². The van der Waals surface area contributed by atoms with E-state index >= 15 is 0 Å². The summed E-state index contributed by atoms with van der Waals surface area (Å²) < 4.78 is 37.4. The second-order valence-electron chi connectivity index (χ2n) is 38.0. The minimum atomic E-state index is -0.451. The Morgan fingerprint density at radius 2 is 0.690 bits per heavy atom. The third kappa shape index (κ3) is 60.3. The number of esters is 4. The molecule has 0 spiro atoms. The van der Waals surface area contributed by atoms with Crippen LogP contribution in [-0.2, 0) is 47.6 Å². The zero-order chi connectivity index (χ0) is 84.4. The molecular formula is C103H199N3O10. The molecule has 2 aliphatic heterocycles. The van der Waals surface area contributed by atoms with Crippen molar-refractivity contribution in [2.75, 3.05) is 86.4 Å². The van der Waals surface area contributed by atoms with Gasteiger partial charge in [-0.3, -0.25) is 19.2 Å². The summed E-state index contributed by atoms with van der Waals surface area (Å²) in [6, 6.07) is 0.475. The Hall–Kier alpha value is -2.32. The van der Waals surface area contributed by atoms with Crippen LogP contribution in [0.1, 0.15) is 493 Å². The molecule has 2 rings (SSSR count). The summed E-state index contributed by atoms with van der Waals surface area (Å²) in [7, 11) is 4.47. The highest BCUT2D eigenvalue weighted by atomic mass is 16.7. The molecule has 0 N–H and O–H groups in total. The number of piperazine rings is 1. The first-order valence-electron chi connectivity index (χ1n) is 51.7. The van der Waals surface area contributed by atoms with E-state index in [9.17, 15) is 19.2 Å². The van der Waals surface area contributed by atoms with Gasteiger partial charge in [-0.15, -0.1) is 0 Å². The van der Waals surface area contributed by atoms with Crippen LogP contribution in [0.5, 0.6) is 0 Å². The van der Waals surface area contributed by atoms with Gasteiger partial charge in [-0.05, 0) is 173 Å². The Balaban J connectivity index is 1.78. The molecule has 0 amide bonds. The Morgan fingerprint density at radius 3 is 1.08 bits per heavy atom. The maximum absolute atomic E-state index is 14.7. The fourth-order valence-electron chi connectivity index (χ4n) is 18.8. The van der Waals surface area contributed by atoms with Crippen LogP contribution in [0.4, 0.5) is 0 Å². The second-order valence-corrected chi connectivity index (χ2v) is 38.0. The average Bonchev–Trinajstić information content (AvgIpc) is 1.58. The lowest BCUT2D eigenvalue weighted by Crippen LogP contribution is -2.46. The molecule has 2 heterocycles. The molecule has 2 saturated heterocycles. The SMILES string of the molecule is CCCCCC(CCCCC)CC(=O)OCCCCCCCCCCC1(CCCCCCCCCCOC(=O)CC(CCCCC)CC(CCC)C(C(=O)OCCCCCCCCCCC(CCCCCCCCCCOC(=O)CC(CCCC)CCCC)CN2CCN(C)CC2)C(CCCC)CCCC)OCC(CN(C)C(C)C)O1. The summed E-state index contributed by atoms with van der Waals surface area (Å²) in [6.45, 7) is 32.5. The van der Waals surface area contributed by atoms with Gasteiger partial charge in [-0.1, -0.05) is 338 Å². The number of hydrogen-bond donors (Lipinski definition) is 0. The molecule has 0 aromatic heterocycles. The van der Waals surface area contributed by atoms with Crippen molar-refractivity contribution in [3.8, 4) is 0 Å². The first-order chi connectivity index (χ1) is 56.6. The van der Waals surface area contributed by atoms with Crippen LogP contribution in [-0.4, -0.2) is 143 Å². The Morgan fingerprint density at radius 1 is 0.362 bits per heavy atom. The Labute approximate surface area is 721 Å². The van der Waals surface area contributed by atoms with Gasteiger partial charge >= 0.3 is 23.9 Å². The molecule has 13 heteroatoms. The number of likely N-dealkylation sites (N-methyl/N-ethyl adjacent to an activating group) is 2. The normalized spacial score (nSPS) is 16.7. The number of nitrogens with zero attached hydrogens (tertiary/aromatic N) is 3. The van der Waals surface area contributed by atoms with Crippen LogP contribution < -0.4 is 0 Å². The largest absolute Gasteiger partial charge is 0.466 e. The molecule has 2 fully saturated rings. The monoisotopic (exact) mass is 1640 g/mol. The fourth-order valence-corrected chi connectivity index (χ4v) is 18.8. The van der Waals surface area contributed by atoms with Crippen LogP contribution >= 0.6 is 0 Å². The van der Waals surface area contributed by atoms with E-state index in [1.807, 2.05) is 0 Å². The van der Waals surface area contributed by atoms with Crippen LogP contribution in [0.2, 0.25) is 0 Å². The van der Waals surface area contributed by atoms with Crippen molar-refractivity contribution in [3.63, 3.8) is 0 Å². The zero-order valence-corrected chi connectivity index (χ0v) is 79.6. The van der Waals surface area contributed by atoms with Crippen LogP contribution in [0.15, 0.2) is 0 Å². The van der Waals surface area contributed by atoms with Gasteiger partial charge in [-0.2, -0.15) is 0 Å². The van der Waals surface area contributed by atoms with E-state index in [0.717, 1.165) is 173 Å². The van der Waals surface area contributed by atoms with Gasteiger partial charge in [0, 0.05) is 77.4 Å². The molecule has 2 aliphatic rings. The van der Waals surface area contributed by atoms with E-state index < -0.39 is 5.79 Å². The lowest BCUT2D eigenvalue weighted by molar-refractivity contribution is -0.181. The van der Waals surface area contributed by atoms with Crippen molar-refractivity contribution in [1.82, 2.24) is 14.7 Å². The van der Waals surface area contributed by atoms with E-state index in [1.54, 1.807) is 0 Å². The molecule has 116 heavy (non-hydrogen) atoms. The third-order valence-corrected chi connectivity index (χ3v) is 26.7. The van der Waals surface area contributed by atoms with Crippen molar-refractivity contribution in [2.45, 2.75) is 511 Å². The summed E-state index contributed by atoms with van der Waals surface area (Å²) >= 11 is 0. The van der Waals surface area contributed by atoms with Gasteiger partial charge in [-0.25, -0.2) is 0 Å².